The Kier molecular flexibility index (Phi) is 3.04. The molecule has 2 N–H and O–H groups in total. The zero-order chi connectivity index (χ0) is 11.7. The molecule has 0 aliphatic rings. The fraction of sp³-hybridized carbons (Fsp3) is 0.333. The highest BCUT2D eigenvalue weighted by Gasteiger charge is 2.21. The number of amides is 1. The maximum absolute atomic E-state index is 11.6. The minimum atomic E-state index is -0.657. The predicted octanol–water partition coefficient (Wildman–Crippen LogP) is 0.412. The van der Waals surface area contributed by atoms with Crippen LogP contribution in [0.25, 0.3) is 0 Å². The summed E-state index contributed by atoms with van der Waals surface area (Å²) in [5.41, 5.74) is -0.504. The van der Waals surface area contributed by atoms with Crippen LogP contribution in [0.1, 0.15) is 16.1 Å². The van der Waals surface area contributed by atoms with Crippen LogP contribution in [0.15, 0.2) is 4.79 Å². The van der Waals surface area contributed by atoms with Gasteiger partial charge >= 0.3 is 0 Å². The van der Waals surface area contributed by atoms with Gasteiger partial charge in [0.1, 0.15) is 10.6 Å². The molecule has 0 radical (unpaired) electrons. The molecule has 0 aliphatic carbocycles. The van der Waals surface area contributed by atoms with E-state index in [1.165, 1.54) is 18.7 Å². The lowest BCUT2D eigenvalue weighted by Gasteiger charge is -2.10. The summed E-state index contributed by atoms with van der Waals surface area (Å²) in [7, 11) is 2.85. The van der Waals surface area contributed by atoms with Gasteiger partial charge in [-0.25, -0.2) is 0 Å². The molecule has 1 aromatic heterocycles. The fourth-order valence-corrected chi connectivity index (χ4v) is 1.40. The molecule has 82 valence electrons. The van der Waals surface area contributed by atoms with E-state index >= 15 is 0 Å². The largest absolute Gasteiger partial charge is 0.505 e. The third kappa shape index (κ3) is 1.70. The third-order valence-electron chi connectivity index (χ3n) is 2.24. The molecule has 6 heteroatoms. The molecular formula is C9H11ClN2O3. The Hall–Kier alpha value is -1.49. The summed E-state index contributed by atoms with van der Waals surface area (Å²) in [6.45, 7) is 1.58. The SMILES string of the molecule is CNC(=O)c1c(O)c(Cl)c(C)n(C)c1=O. The van der Waals surface area contributed by atoms with Crippen LogP contribution in [0.2, 0.25) is 5.02 Å². The molecule has 1 rings (SSSR count). The zero-order valence-electron chi connectivity index (χ0n) is 8.59. The number of aromatic hydroxyl groups is 1. The highest BCUT2D eigenvalue weighted by molar-refractivity contribution is 6.33. The van der Waals surface area contributed by atoms with Crippen molar-refractivity contribution in [2.24, 2.45) is 7.05 Å². The number of aromatic nitrogens is 1. The molecule has 0 saturated carbocycles. The molecule has 0 aromatic carbocycles. The van der Waals surface area contributed by atoms with Gasteiger partial charge < -0.3 is 15.0 Å². The third-order valence-corrected chi connectivity index (χ3v) is 2.69. The van der Waals surface area contributed by atoms with Gasteiger partial charge in [-0.1, -0.05) is 11.6 Å². The van der Waals surface area contributed by atoms with Gasteiger partial charge in [0.25, 0.3) is 11.5 Å². The summed E-state index contributed by atoms with van der Waals surface area (Å²) in [5, 5.41) is 11.9. The average molecular weight is 231 g/mol. The van der Waals surface area contributed by atoms with Crippen molar-refractivity contribution < 1.29 is 9.90 Å². The van der Waals surface area contributed by atoms with E-state index in [4.69, 9.17) is 11.6 Å². The smallest absolute Gasteiger partial charge is 0.267 e. The maximum Gasteiger partial charge on any atom is 0.267 e. The van der Waals surface area contributed by atoms with E-state index in [9.17, 15) is 14.7 Å². The van der Waals surface area contributed by atoms with Gasteiger partial charge in [0.05, 0.1) is 0 Å². The van der Waals surface area contributed by atoms with E-state index < -0.39 is 17.2 Å². The minimum Gasteiger partial charge on any atom is -0.505 e. The van der Waals surface area contributed by atoms with Crippen molar-refractivity contribution in [1.29, 1.82) is 0 Å². The van der Waals surface area contributed by atoms with Crippen LogP contribution < -0.4 is 10.9 Å². The molecule has 0 atom stereocenters. The van der Waals surface area contributed by atoms with Gasteiger partial charge in [-0.15, -0.1) is 0 Å². The van der Waals surface area contributed by atoms with E-state index in [2.05, 4.69) is 5.32 Å². The van der Waals surface area contributed by atoms with Crippen LogP contribution >= 0.6 is 11.6 Å². The summed E-state index contributed by atoms with van der Waals surface area (Å²) < 4.78 is 1.21. The average Bonchev–Trinajstić information content (AvgIpc) is 2.23. The first-order chi connectivity index (χ1) is 6.91. The Morgan fingerprint density at radius 1 is 1.53 bits per heavy atom. The van der Waals surface area contributed by atoms with Gasteiger partial charge in [0.2, 0.25) is 0 Å². The monoisotopic (exact) mass is 230 g/mol. The van der Waals surface area contributed by atoms with Crippen LogP contribution in [0.3, 0.4) is 0 Å². The van der Waals surface area contributed by atoms with Crippen molar-refractivity contribution in [2.75, 3.05) is 7.05 Å². The molecule has 1 amide bonds. The second kappa shape index (κ2) is 3.94. The fourth-order valence-electron chi connectivity index (χ4n) is 1.18. The lowest BCUT2D eigenvalue weighted by atomic mass is 10.2. The van der Waals surface area contributed by atoms with Gasteiger partial charge in [-0.3, -0.25) is 9.59 Å². The Labute approximate surface area is 91.3 Å². The van der Waals surface area contributed by atoms with Gasteiger partial charge in [0, 0.05) is 19.8 Å². The summed E-state index contributed by atoms with van der Waals surface area (Å²) in [5.74, 6) is -1.13. The number of pyridine rings is 1. The molecule has 0 fully saturated rings. The number of halogens is 1. The number of carbonyl (C=O) groups is 1. The summed E-state index contributed by atoms with van der Waals surface area (Å²) >= 11 is 5.77. The molecule has 5 nitrogen and oxygen atoms in total. The Balaban J connectivity index is 3.68. The Bertz CT molecular complexity index is 479. The summed E-state index contributed by atoms with van der Waals surface area (Å²) in [6, 6.07) is 0. The first kappa shape index (κ1) is 11.6. The molecule has 15 heavy (non-hydrogen) atoms. The normalized spacial score (nSPS) is 10.1. The van der Waals surface area contributed by atoms with E-state index in [1.807, 2.05) is 0 Å². The van der Waals surface area contributed by atoms with Crippen molar-refractivity contribution >= 4 is 17.5 Å². The van der Waals surface area contributed by atoms with Gasteiger partial charge in [-0.05, 0) is 6.92 Å². The molecular weight excluding hydrogens is 220 g/mol. The van der Waals surface area contributed by atoms with Gasteiger partial charge in [-0.2, -0.15) is 0 Å². The number of nitrogens with zero attached hydrogens (tertiary/aromatic N) is 1. The minimum absolute atomic E-state index is 0.00991. The van der Waals surface area contributed by atoms with Crippen molar-refractivity contribution in [3.05, 3.63) is 26.6 Å². The van der Waals surface area contributed by atoms with Crippen LogP contribution in [0.4, 0.5) is 0 Å². The molecule has 1 heterocycles. The van der Waals surface area contributed by atoms with Crippen molar-refractivity contribution in [3.63, 3.8) is 0 Å². The first-order valence-corrected chi connectivity index (χ1v) is 4.59. The number of hydrogen-bond acceptors (Lipinski definition) is 3. The van der Waals surface area contributed by atoms with E-state index in [-0.39, 0.29) is 10.6 Å². The van der Waals surface area contributed by atoms with Crippen molar-refractivity contribution in [3.8, 4) is 5.75 Å². The van der Waals surface area contributed by atoms with Crippen LogP contribution in [0.5, 0.6) is 5.75 Å². The quantitative estimate of drug-likeness (QED) is 0.734. The first-order valence-electron chi connectivity index (χ1n) is 4.22. The molecule has 1 aromatic rings. The van der Waals surface area contributed by atoms with E-state index in [1.54, 1.807) is 6.92 Å². The van der Waals surface area contributed by atoms with E-state index in [0.29, 0.717) is 5.69 Å². The highest BCUT2D eigenvalue weighted by Crippen LogP contribution is 2.27. The number of hydrogen-bond donors (Lipinski definition) is 2. The van der Waals surface area contributed by atoms with Crippen LogP contribution in [-0.2, 0) is 7.05 Å². The Morgan fingerprint density at radius 2 is 2.07 bits per heavy atom. The van der Waals surface area contributed by atoms with Crippen molar-refractivity contribution in [1.82, 2.24) is 9.88 Å². The zero-order valence-corrected chi connectivity index (χ0v) is 9.34. The van der Waals surface area contributed by atoms with Crippen LogP contribution in [0, 0.1) is 6.92 Å². The Morgan fingerprint density at radius 3 is 2.53 bits per heavy atom. The number of carbonyl (C=O) groups excluding carboxylic acids is 1. The van der Waals surface area contributed by atoms with E-state index in [0.717, 1.165) is 0 Å². The highest BCUT2D eigenvalue weighted by atomic mass is 35.5. The molecule has 0 spiro atoms. The number of nitrogens with one attached hydrogen (secondary N) is 1. The second-order valence-corrected chi connectivity index (χ2v) is 3.44. The molecule has 0 aliphatic heterocycles. The molecule has 0 bridgehead atoms. The lowest BCUT2D eigenvalue weighted by Crippen LogP contribution is -2.31. The topological polar surface area (TPSA) is 71.3 Å². The number of rotatable bonds is 1. The standard InChI is InChI=1S/C9H11ClN2O3/c1-4-6(10)7(13)5(8(14)11-2)9(15)12(4)3/h13H,1-3H3,(H,11,14). The maximum atomic E-state index is 11.6. The summed E-state index contributed by atoms with van der Waals surface area (Å²) in [4.78, 5) is 23.0. The predicted molar refractivity (Wildman–Crippen MR) is 56.5 cm³/mol. The van der Waals surface area contributed by atoms with Gasteiger partial charge in [0.15, 0.2) is 5.75 Å². The second-order valence-electron chi connectivity index (χ2n) is 3.07. The molecule has 0 unspecified atom stereocenters. The summed E-state index contributed by atoms with van der Waals surface area (Å²) in [6.07, 6.45) is 0. The molecule has 0 saturated heterocycles. The van der Waals surface area contributed by atoms with Crippen molar-refractivity contribution in [2.45, 2.75) is 6.92 Å². The lowest BCUT2D eigenvalue weighted by molar-refractivity contribution is 0.0958. The van der Waals surface area contributed by atoms with Crippen LogP contribution in [-0.4, -0.2) is 22.6 Å².